The minimum Gasteiger partial charge on any atom is -0.490 e. The Balaban J connectivity index is 0.000000299. The number of ether oxygens (including phenoxy) is 1. The first kappa shape index (κ1) is 24.5. The third-order valence-corrected chi connectivity index (χ3v) is 5.13. The zero-order valence-corrected chi connectivity index (χ0v) is 18.6. The minimum atomic E-state index is -0.375. The van der Waals surface area contributed by atoms with Gasteiger partial charge in [0.05, 0.1) is 16.7 Å². The van der Waals surface area contributed by atoms with Gasteiger partial charge < -0.3 is 10.5 Å². The van der Waals surface area contributed by atoms with Crippen LogP contribution in [0.2, 0.25) is 5.02 Å². The second kappa shape index (κ2) is 12.9. The van der Waals surface area contributed by atoms with Gasteiger partial charge in [0.15, 0.2) is 0 Å². The van der Waals surface area contributed by atoms with E-state index in [1.807, 2.05) is 45.9 Å². The summed E-state index contributed by atoms with van der Waals surface area (Å²) < 4.78 is 5.97. The van der Waals surface area contributed by atoms with Gasteiger partial charge in [0.2, 0.25) is 5.91 Å². The van der Waals surface area contributed by atoms with Crippen LogP contribution in [0.3, 0.4) is 0 Å². The number of aryl methyl sites for hydroxylation is 1. The molecule has 0 saturated heterocycles. The van der Waals surface area contributed by atoms with Crippen LogP contribution in [-0.2, 0) is 0 Å². The highest BCUT2D eigenvalue weighted by Gasteiger charge is 2.17. The molecule has 1 aliphatic rings. The molecular weight excluding hydrogens is 384 g/mol. The predicted molar refractivity (Wildman–Crippen MR) is 119 cm³/mol. The quantitative estimate of drug-likeness (QED) is 0.635. The molecular formula is C24H31ClN2O2. The lowest BCUT2D eigenvalue weighted by molar-refractivity contribution is 0.100. The lowest BCUT2D eigenvalue weighted by atomic mass is 9.97. The first-order valence-corrected chi connectivity index (χ1v) is 10.5. The Morgan fingerprint density at radius 3 is 2.17 bits per heavy atom. The summed E-state index contributed by atoms with van der Waals surface area (Å²) in [6.07, 6.45) is 6.36. The Hall–Kier alpha value is -2.51. The summed E-state index contributed by atoms with van der Waals surface area (Å²) >= 11 is 6.11. The standard InChI is InChI=1S/C14H16ClNO.C8H9NO.C2H6/c1-10-13(8-7-11(9-16)14(10)15)17-12-5-3-2-4-6-12;1-6-2-4-7(5-3-6)8(9)10;1-2/h7-8,12H,2-6H2,1H3;2-5H,1H3,(H2,9,10);1-2H3. The Bertz CT molecular complexity index is 820. The maximum absolute atomic E-state index is 10.5. The molecule has 0 atom stereocenters. The van der Waals surface area contributed by atoms with Gasteiger partial charge in [0.25, 0.3) is 0 Å². The maximum atomic E-state index is 10.5. The van der Waals surface area contributed by atoms with Crippen LogP contribution in [-0.4, -0.2) is 12.0 Å². The molecule has 0 bridgehead atoms. The van der Waals surface area contributed by atoms with E-state index in [1.165, 1.54) is 19.3 Å². The Morgan fingerprint density at radius 2 is 1.66 bits per heavy atom. The molecule has 0 unspecified atom stereocenters. The van der Waals surface area contributed by atoms with Crippen molar-refractivity contribution in [1.82, 2.24) is 0 Å². The molecule has 1 amide bonds. The topological polar surface area (TPSA) is 76.1 Å². The smallest absolute Gasteiger partial charge is 0.248 e. The fraction of sp³-hybridized carbons (Fsp3) is 0.417. The van der Waals surface area contributed by atoms with E-state index in [0.717, 1.165) is 29.7 Å². The van der Waals surface area contributed by atoms with Crippen LogP contribution >= 0.6 is 11.6 Å². The number of rotatable bonds is 3. The first-order chi connectivity index (χ1) is 13.9. The van der Waals surface area contributed by atoms with Gasteiger partial charge >= 0.3 is 0 Å². The largest absolute Gasteiger partial charge is 0.490 e. The monoisotopic (exact) mass is 414 g/mol. The number of primary amides is 1. The molecule has 3 rings (SSSR count). The van der Waals surface area contributed by atoms with Gasteiger partial charge in [0.1, 0.15) is 11.8 Å². The van der Waals surface area contributed by atoms with Crippen molar-refractivity contribution >= 4 is 17.5 Å². The van der Waals surface area contributed by atoms with Crippen molar-refractivity contribution in [3.05, 3.63) is 63.7 Å². The fourth-order valence-electron chi connectivity index (χ4n) is 2.96. The van der Waals surface area contributed by atoms with E-state index in [4.69, 9.17) is 27.3 Å². The summed E-state index contributed by atoms with van der Waals surface area (Å²) in [7, 11) is 0. The van der Waals surface area contributed by atoms with E-state index in [0.29, 0.717) is 22.3 Å². The molecule has 0 aliphatic heterocycles. The number of halogens is 1. The predicted octanol–water partition coefficient (Wildman–Crippen LogP) is 6.35. The van der Waals surface area contributed by atoms with Gasteiger partial charge in [-0.25, -0.2) is 0 Å². The van der Waals surface area contributed by atoms with Crippen LogP contribution in [0.15, 0.2) is 36.4 Å². The molecule has 29 heavy (non-hydrogen) atoms. The van der Waals surface area contributed by atoms with Crippen LogP contribution < -0.4 is 10.5 Å². The summed E-state index contributed by atoms with van der Waals surface area (Å²) in [4.78, 5) is 10.5. The number of nitrogens with two attached hydrogens (primary N) is 1. The number of carbonyl (C=O) groups excluding carboxylic acids is 1. The number of hydrogen-bond donors (Lipinski definition) is 1. The van der Waals surface area contributed by atoms with Crippen molar-refractivity contribution in [3.8, 4) is 11.8 Å². The minimum absolute atomic E-state index is 0.312. The van der Waals surface area contributed by atoms with Crippen LogP contribution in [0.5, 0.6) is 5.75 Å². The van der Waals surface area contributed by atoms with Crippen molar-refractivity contribution < 1.29 is 9.53 Å². The first-order valence-electron chi connectivity index (χ1n) is 10.1. The van der Waals surface area contributed by atoms with Gasteiger partial charge in [-0.05, 0) is 63.8 Å². The maximum Gasteiger partial charge on any atom is 0.248 e. The lowest BCUT2D eigenvalue weighted by Gasteiger charge is -2.24. The summed E-state index contributed by atoms with van der Waals surface area (Å²) in [6, 6.07) is 12.8. The third kappa shape index (κ3) is 7.79. The number of amides is 1. The van der Waals surface area contributed by atoms with Crippen LogP contribution in [0.25, 0.3) is 0 Å². The molecule has 1 aliphatic carbocycles. The van der Waals surface area contributed by atoms with Gasteiger partial charge in [-0.2, -0.15) is 5.26 Å². The summed E-state index contributed by atoms with van der Waals surface area (Å²) in [5, 5.41) is 9.39. The highest BCUT2D eigenvalue weighted by Crippen LogP contribution is 2.31. The molecule has 0 spiro atoms. The Labute approximate surface area is 179 Å². The Morgan fingerprint density at radius 1 is 1.07 bits per heavy atom. The summed E-state index contributed by atoms with van der Waals surface area (Å²) in [5.41, 5.74) is 8.10. The van der Waals surface area contributed by atoms with Crippen LogP contribution in [0.4, 0.5) is 0 Å². The molecule has 2 aromatic rings. The normalized spacial score (nSPS) is 13.1. The van der Waals surface area contributed by atoms with Gasteiger partial charge in [-0.1, -0.05) is 49.6 Å². The third-order valence-electron chi connectivity index (χ3n) is 4.64. The van der Waals surface area contributed by atoms with Crippen molar-refractivity contribution in [2.24, 2.45) is 5.73 Å². The van der Waals surface area contributed by atoms with Gasteiger partial charge in [0, 0.05) is 11.1 Å². The second-order valence-corrected chi connectivity index (χ2v) is 7.15. The molecule has 0 aromatic heterocycles. The van der Waals surface area contributed by atoms with E-state index in [2.05, 4.69) is 6.07 Å². The molecule has 156 valence electrons. The lowest BCUT2D eigenvalue weighted by Crippen LogP contribution is -2.20. The van der Waals surface area contributed by atoms with Crippen molar-refractivity contribution in [3.63, 3.8) is 0 Å². The molecule has 1 saturated carbocycles. The highest BCUT2D eigenvalue weighted by molar-refractivity contribution is 6.32. The van der Waals surface area contributed by atoms with Crippen molar-refractivity contribution in [2.75, 3.05) is 0 Å². The zero-order valence-electron chi connectivity index (χ0n) is 17.8. The van der Waals surface area contributed by atoms with Crippen molar-refractivity contribution in [1.29, 1.82) is 5.26 Å². The molecule has 4 nitrogen and oxygen atoms in total. The zero-order chi connectivity index (χ0) is 21.8. The molecule has 0 radical (unpaired) electrons. The number of benzene rings is 2. The van der Waals surface area contributed by atoms with E-state index in [9.17, 15) is 4.79 Å². The van der Waals surface area contributed by atoms with E-state index in [1.54, 1.807) is 18.2 Å². The Kier molecular flexibility index (Phi) is 10.9. The summed E-state index contributed by atoms with van der Waals surface area (Å²) in [5.74, 6) is 0.445. The average molecular weight is 415 g/mol. The molecule has 0 heterocycles. The molecule has 5 heteroatoms. The average Bonchev–Trinajstić information content (AvgIpc) is 2.75. The number of nitrogens with zero attached hydrogens (tertiary/aromatic N) is 1. The van der Waals surface area contributed by atoms with E-state index >= 15 is 0 Å². The van der Waals surface area contributed by atoms with E-state index < -0.39 is 0 Å². The summed E-state index contributed by atoms with van der Waals surface area (Å²) in [6.45, 7) is 7.87. The highest BCUT2D eigenvalue weighted by atomic mass is 35.5. The second-order valence-electron chi connectivity index (χ2n) is 6.77. The van der Waals surface area contributed by atoms with Gasteiger partial charge in [-0.15, -0.1) is 0 Å². The SMILES string of the molecule is CC.Cc1c(OC2CCCCC2)ccc(C#N)c1Cl.Cc1ccc(C(N)=O)cc1. The van der Waals surface area contributed by atoms with Gasteiger partial charge in [-0.3, -0.25) is 4.79 Å². The van der Waals surface area contributed by atoms with Crippen LogP contribution in [0.1, 0.15) is 73.0 Å². The molecule has 2 N–H and O–H groups in total. The molecule has 1 fully saturated rings. The van der Waals surface area contributed by atoms with E-state index in [-0.39, 0.29) is 5.91 Å². The van der Waals surface area contributed by atoms with Crippen LogP contribution in [0, 0.1) is 25.2 Å². The fourth-order valence-corrected chi connectivity index (χ4v) is 3.16. The molecule has 2 aromatic carbocycles. The number of nitriles is 1. The number of carbonyl (C=O) groups is 1. The number of hydrogen-bond acceptors (Lipinski definition) is 3. The van der Waals surface area contributed by atoms with Crippen molar-refractivity contribution in [2.45, 2.75) is 65.9 Å².